The number of benzene rings is 3. The summed E-state index contributed by atoms with van der Waals surface area (Å²) in [5, 5.41) is 12.2. The summed E-state index contributed by atoms with van der Waals surface area (Å²) in [4.78, 5) is 32.8. The third kappa shape index (κ3) is 3.70. The number of ketones is 1. The quantitative estimate of drug-likeness (QED) is 0.214. The zero-order chi connectivity index (χ0) is 25.0. The number of hydrogen-bond acceptors (Lipinski definition) is 7. The fraction of sp³-hybridized carbons (Fsp3) is 0.148. The summed E-state index contributed by atoms with van der Waals surface area (Å²) in [6, 6.07) is 16.7. The number of Topliss-reactive ketones (excluding diaryl/α,β-unsaturated/α-hetero) is 1. The number of anilines is 1. The maximum absolute atomic E-state index is 13.4. The molecule has 1 fully saturated rings. The Bertz CT molecular complexity index is 1590. The van der Waals surface area contributed by atoms with E-state index in [1.165, 1.54) is 16.2 Å². The maximum Gasteiger partial charge on any atom is 0.301 e. The Hall–Kier alpha value is -3.88. The third-order valence-electron chi connectivity index (χ3n) is 6.16. The number of aliphatic hydroxyl groups excluding tert-OH is 1. The van der Waals surface area contributed by atoms with Crippen LogP contribution in [-0.2, 0) is 9.59 Å². The minimum absolute atomic E-state index is 0.0469. The van der Waals surface area contributed by atoms with E-state index in [1.807, 2.05) is 25.1 Å². The van der Waals surface area contributed by atoms with Crippen LogP contribution in [0.2, 0.25) is 5.02 Å². The normalized spacial score (nSPS) is 18.7. The fourth-order valence-corrected chi connectivity index (χ4v) is 5.78. The molecule has 1 saturated heterocycles. The molecule has 3 heterocycles. The Balaban J connectivity index is 1.54. The molecular formula is C27H19ClN2O5S. The molecular weight excluding hydrogens is 500 g/mol. The highest BCUT2D eigenvalue weighted by molar-refractivity contribution is 7.22. The number of aliphatic hydroxyl groups is 1. The maximum atomic E-state index is 13.4. The van der Waals surface area contributed by atoms with Crippen LogP contribution in [-0.4, -0.2) is 35.0 Å². The van der Waals surface area contributed by atoms with Crippen LogP contribution in [0.5, 0.6) is 11.5 Å². The lowest BCUT2D eigenvalue weighted by molar-refractivity contribution is -0.132. The number of halogens is 1. The monoisotopic (exact) mass is 518 g/mol. The van der Waals surface area contributed by atoms with Crippen molar-refractivity contribution in [2.24, 2.45) is 0 Å². The Morgan fingerprint density at radius 1 is 1.06 bits per heavy atom. The Kier molecular flexibility index (Phi) is 5.43. The second-order valence-corrected chi connectivity index (χ2v) is 10.00. The summed E-state index contributed by atoms with van der Waals surface area (Å²) in [6.45, 7) is 2.78. The molecule has 7 nitrogen and oxygen atoms in total. The zero-order valence-electron chi connectivity index (χ0n) is 19.0. The second-order valence-electron chi connectivity index (χ2n) is 8.55. The molecule has 9 heteroatoms. The number of ether oxygens (including phenoxy) is 2. The first-order valence-electron chi connectivity index (χ1n) is 11.2. The molecule has 36 heavy (non-hydrogen) atoms. The molecule has 1 unspecified atom stereocenters. The molecule has 0 saturated carbocycles. The van der Waals surface area contributed by atoms with Gasteiger partial charge in [-0.1, -0.05) is 41.1 Å². The summed E-state index contributed by atoms with van der Waals surface area (Å²) in [6.07, 6.45) is 0. The van der Waals surface area contributed by atoms with Gasteiger partial charge in [-0.05, 0) is 60.5 Å². The molecule has 180 valence electrons. The standard InChI is InChI=1S/C27H19ClN2O5S/c1-14-5-7-18-21(11-14)36-27(29-18)30-23(15-3-2-4-17(28)12-15)22(25(32)26(30)33)24(31)16-6-8-19-20(13-16)35-10-9-34-19/h2-8,11-13,23,31H,9-10H2,1H3/b24-22-. The van der Waals surface area contributed by atoms with Crippen LogP contribution >= 0.6 is 22.9 Å². The van der Waals surface area contributed by atoms with Gasteiger partial charge in [0.05, 0.1) is 21.8 Å². The molecule has 1 atom stereocenters. The lowest BCUT2D eigenvalue weighted by Crippen LogP contribution is -2.29. The smallest absolute Gasteiger partial charge is 0.301 e. The Morgan fingerprint density at radius 2 is 1.86 bits per heavy atom. The van der Waals surface area contributed by atoms with Crippen molar-refractivity contribution in [3.8, 4) is 11.5 Å². The average molecular weight is 519 g/mol. The molecule has 6 rings (SSSR count). The number of hydrogen-bond donors (Lipinski definition) is 1. The summed E-state index contributed by atoms with van der Waals surface area (Å²) in [5.74, 6) is -0.873. The van der Waals surface area contributed by atoms with E-state index < -0.39 is 17.7 Å². The van der Waals surface area contributed by atoms with E-state index in [0.717, 1.165) is 15.8 Å². The first-order valence-corrected chi connectivity index (χ1v) is 12.4. The number of thiazole rings is 1. The van der Waals surface area contributed by atoms with E-state index in [9.17, 15) is 14.7 Å². The summed E-state index contributed by atoms with van der Waals surface area (Å²) in [7, 11) is 0. The highest BCUT2D eigenvalue weighted by Gasteiger charge is 2.48. The molecule has 3 aromatic carbocycles. The minimum atomic E-state index is -0.918. The number of amides is 1. The zero-order valence-corrected chi connectivity index (χ0v) is 20.6. The largest absolute Gasteiger partial charge is 0.507 e. The molecule has 2 aliphatic heterocycles. The van der Waals surface area contributed by atoms with Gasteiger partial charge in [0.15, 0.2) is 16.6 Å². The third-order valence-corrected chi connectivity index (χ3v) is 7.42. The lowest BCUT2D eigenvalue weighted by Gasteiger charge is -2.23. The van der Waals surface area contributed by atoms with Crippen molar-refractivity contribution in [1.82, 2.24) is 4.98 Å². The summed E-state index contributed by atoms with van der Waals surface area (Å²) < 4.78 is 12.1. The van der Waals surface area contributed by atoms with E-state index in [-0.39, 0.29) is 11.3 Å². The Morgan fingerprint density at radius 3 is 2.67 bits per heavy atom. The van der Waals surface area contributed by atoms with Crippen molar-refractivity contribution in [3.63, 3.8) is 0 Å². The van der Waals surface area contributed by atoms with Crippen molar-refractivity contribution in [2.45, 2.75) is 13.0 Å². The van der Waals surface area contributed by atoms with Crippen LogP contribution in [0.15, 0.2) is 66.2 Å². The van der Waals surface area contributed by atoms with Gasteiger partial charge in [-0.25, -0.2) is 4.98 Å². The molecule has 1 amide bonds. The van der Waals surface area contributed by atoms with Crippen LogP contribution in [0.25, 0.3) is 16.0 Å². The first-order chi connectivity index (χ1) is 17.4. The second kappa shape index (κ2) is 8.65. The first kappa shape index (κ1) is 22.6. The molecule has 1 N–H and O–H groups in total. The van der Waals surface area contributed by atoms with Gasteiger partial charge in [0.25, 0.3) is 5.78 Å². The van der Waals surface area contributed by atoms with Crippen LogP contribution in [0.3, 0.4) is 0 Å². The molecule has 1 aromatic heterocycles. The van der Waals surface area contributed by atoms with Gasteiger partial charge in [-0.15, -0.1) is 0 Å². The molecule has 0 radical (unpaired) electrons. The molecule has 0 bridgehead atoms. The molecule has 0 aliphatic carbocycles. The number of aromatic nitrogens is 1. The van der Waals surface area contributed by atoms with Crippen LogP contribution in [0.4, 0.5) is 5.13 Å². The van der Waals surface area contributed by atoms with Gasteiger partial charge in [-0.2, -0.15) is 0 Å². The van der Waals surface area contributed by atoms with Gasteiger partial charge >= 0.3 is 5.91 Å². The van der Waals surface area contributed by atoms with Crippen molar-refractivity contribution in [1.29, 1.82) is 0 Å². The summed E-state index contributed by atoms with van der Waals surface area (Å²) >= 11 is 7.60. The highest BCUT2D eigenvalue weighted by atomic mass is 35.5. The Labute approximate surface area is 215 Å². The number of aryl methyl sites for hydroxylation is 1. The van der Waals surface area contributed by atoms with Gasteiger partial charge in [0.2, 0.25) is 0 Å². The van der Waals surface area contributed by atoms with Crippen LogP contribution < -0.4 is 14.4 Å². The number of fused-ring (bicyclic) bond motifs is 2. The van der Waals surface area contributed by atoms with Crippen molar-refractivity contribution in [3.05, 3.63) is 87.9 Å². The van der Waals surface area contributed by atoms with Gasteiger partial charge < -0.3 is 14.6 Å². The number of carbonyl (C=O) groups excluding carboxylic acids is 2. The topological polar surface area (TPSA) is 89.0 Å². The van der Waals surface area contributed by atoms with E-state index in [0.29, 0.717) is 46.0 Å². The lowest BCUT2D eigenvalue weighted by atomic mass is 9.95. The van der Waals surface area contributed by atoms with Crippen molar-refractivity contribution >= 4 is 55.7 Å². The van der Waals surface area contributed by atoms with Gasteiger partial charge in [0.1, 0.15) is 19.0 Å². The predicted molar refractivity (Wildman–Crippen MR) is 138 cm³/mol. The average Bonchev–Trinajstić information content (AvgIpc) is 3.41. The number of nitrogens with zero attached hydrogens (tertiary/aromatic N) is 2. The van der Waals surface area contributed by atoms with Crippen molar-refractivity contribution < 1.29 is 24.2 Å². The van der Waals surface area contributed by atoms with Crippen LogP contribution in [0.1, 0.15) is 22.7 Å². The van der Waals surface area contributed by atoms with E-state index in [2.05, 4.69) is 4.98 Å². The van der Waals surface area contributed by atoms with Crippen molar-refractivity contribution in [2.75, 3.05) is 18.1 Å². The SMILES string of the molecule is Cc1ccc2nc(N3C(=O)C(=O)/C(=C(\O)c4ccc5c(c4)OCCO5)C3c3cccc(Cl)c3)sc2c1. The number of carbonyl (C=O) groups is 2. The number of rotatable bonds is 3. The minimum Gasteiger partial charge on any atom is -0.507 e. The highest BCUT2D eigenvalue weighted by Crippen LogP contribution is 2.45. The molecule has 0 spiro atoms. The van der Waals surface area contributed by atoms with E-state index in [4.69, 9.17) is 21.1 Å². The van der Waals surface area contributed by atoms with E-state index >= 15 is 0 Å². The predicted octanol–water partition coefficient (Wildman–Crippen LogP) is 5.66. The van der Waals surface area contributed by atoms with E-state index in [1.54, 1.807) is 42.5 Å². The van der Waals surface area contributed by atoms with Gasteiger partial charge in [-0.3, -0.25) is 14.5 Å². The molecule has 4 aromatic rings. The molecule has 2 aliphatic rings. The van der Waals surface area contributed by atoms with Gasteiger partial charge in [0, 0.05) is 10.6 Å². The van der Waals surface area contributed by atoms with Crippen LogP contribution in [0, 0.1) is 6.92 Å². The fourth-order valence-electron chi connectivity index (χ4n) is 4.49. The summed E-state index contributed by atoms with van der Waals surface area (Å²) in [5.41, 5.74) is 2.65.